The molecular weight excluding hydrogens is 445 g/mol. The van der Waals surface area contributed by atoms with Crippen molar-refractivity contribution >= 4 is 41.8 Å². The maximum Gasteiger partial charge on any atom is 0.229 e. The van der Waals surface area contributed by atoms with Crippen molar-refractivity contribution in [1.82, 2.24) is 20.4 Å². The lowest BCUT2D eigenvalue weighted by molar-refractivity contribution is -0.147. The Morgan fingerprint density at radius 1 is 1.19 bits per heavy atom. The summed E-state index contributed by atoms with van der Waals surface area (Å²) < 4.78 is 0. The van der Waals surface area contributed by atoms with Gasteiger partial charge in [0, 0.05) is 58.7 Å². The highest BCUT2D eigenvalue weighted by Crippen LogP contribution is 2.12. The number of guanidine groups is 1. The van der Waals surface area contributed by atoms with Crippen LogP contribution in [0.25, 0.3) is 0 Å². The standard InChI is InChI=1S/C18H33N5O2.HI/c1-14(2)13-22-10-7-15(8-11-22)21-18(19-3)20-9-12-23-16(24)5-4-6-17(23)25;/h14-15H,4-13H2,1-3H3,(H2,19,20,21);1H. The van der Waals surface area contributed by atoms with Gasteiger partial charge in [-0.2, -0.15) is 0 Å². The fraction of sp³-hybridized carbons (Fsp3) is 0.833. The van der Waals surface area contributed by atoms with Gasteiger partial charge >= 0.3 is 0 Å². The largest absolute Gasteiger partial charge is 0.355 e. The van der Waals surface area contributed by atoms with Gasteiger partial charge in [0.25, 0.3) is 0 Å². The van der Waals surface area contributed by atoms with Gasteiger partial charge in [0.05, 0.1) is 0 Å². The number of nitrogens with one attached hydrogen (secondary N) is 2. The lowest BCUT2D eigenvalue weighted by Crippen LogP contribution is -2.51. The van der Waals surface area contributed by atoms with Gasteiger partial charge in [0.15, 0.2) is 5.96 Å². The van der Waals surface area contributed by atoms with Crippen molar-refractivity contribution < 1.29 is 9.59 Å². The molecule has 2 rings (SSSR count). The topological polar surface area (TPSA) is 77.0 Å². The van der Waals surface area contributed by atoms with E-state index in [2.05, 4.69) is 34.4 Å². The van der Waals surface area contributed by atoms with Gasteiger partial charge < -0.3 is 15.5 Å². The summed E-state index contributed by atoms with van der Waals surface area (Å²) in [5.74, 6) is 1.34. The zero-order valence-electron chi connectivity index (χ0n) is 16.3. The minimum Gasteiger partial charge on any atom is -0.355 e. The number of likely N-dealkylation sites (tertiary alicyclic amines) is 2. The Morgan fingerprint density at radius 3 is 2.35 bits per heavy atom. The zero-order valence-corrected chi connectivity index (χ0v) is 18.6. The van der Waals surface area contributed by atoms with Crippen molar-refractivity contribution in [3.63, 3.8) is 0 Å². The number of amides is 2. The van der Waals surface area contributed by atoms with Crippen LogP contribution in [-0.4, -0.2) is 73.4 Å². The lowest BCUT2D eigenvalue weighted by Gasteiger charge is -2.34. The predicted octanol–water partition coefficient (Wildman–Crippen LogP) is 1.43. The molecule has 7 nitrogen and oxygen atoms in total. The summed E-state index contributed by atoms with van der Waals surface area (Å²) in [4.78, 5) is 31.8. The smallest absolute Gasteiger partial charge is 0.229 e. The molecule has 0 aromatic heterocycles. The van der Waals surface area contributed by atoms with Crippen LogP contribution in [0, 0.1) is 5.92 Å². The number of imide groups is 1. The lowest BCUT2D eigenvalue weighted by atomic mass is 10.0. The average Bonchev–Trinajstić information content (AvgIpc) is 2.57. The van der Waals surface area contributed by atoms with Gasteiger partial charge in [0.2, 0.25) is 11.8 Å². The zero-order chi connectivity index (χ0) is 18.2. The molecule has 2 aliphatic rings. The first-order valence-corrected chi connectivity index (χ1v) is 9.52. The second kappa shape index (κ2) is 11.7. The van der Waals surface area contributed by atoms with Crippen LogP contribution in [0.5, 0.6) is 0 Å². The second-order valence-electron chi connectivity index (χ2n) is 7.40. The van der Waals surface area contributed by atoms with Gasteiger partial charge in [-0.15, -0.1) is 24.0 Å². The van der Waals surface area contributed by atoms with E-state index in [4.69, 9.17) is 0 Å². The quantitative estimate of drug-likeness (QED) is 0.261. The molecule has 0 saturated carbocycles. The molecule has 0 bridgehead atoms. The number of piperidine rings is 2. The highest BCUT2D eigenvalue weighted by atomic mass is 127. The molecule has 0 spiro atoms. The molecule has 2 N–H and O–H groups in total. The number of carbonyl (C=O) groups excluding carboxylic acids is 2. The van der Waals surface area contributed by atoms with Crippen molar-refractivity contribution in [3.8, 4) is 0 Å². The van der Waals surface area contributed by atoms with E-state index in [0.717, 1.165) is 38.4 Å². The Balaban J connectivity index is 0.00000338. The van der Waals surface area contributed by atoms with E-state index < -0.39 is 0 Å². The first-order valence-electron chi connectivity index (χ1n) is 9.52. The molecule has 26 heavy (non-hydrogen) atoms. The molecule has 2 aliphatic heterocycles. The van der Waals surface area contributed by atoms with Gasteiger partial charge in [-0.25, -0.2) is 0 Å². The third-order valence-corrected chi connectivity index (χ3v) is 4.79. The maximum atomic E-state index is 11.8. The summed E-state index contributed by atoms with van der Waals surface area (Å²) in [5.41, 5.74) is 0. The summed E-state index contributed by atoms with van der Waals surface area (Å²) in [5, 5.41) is 6.69. The Kier molecular flexibility index (Phi) is 10.4. The van der Waals surface area contributed by atoms with Gasteiger partial charge in [0.1, 0.15) is 0 Å². The van der Waals surface area contributed by atoms with E-state index >= 15 is 0 Å². The van der Waals surface area contributed by atoms with Crippen LogP contribution >= 0.6 is 24.0 Å². The number of nitrogens with zero attached hydrogens (tertiary/aromatic N) is 3. The number of aliphatic imine (C=N–C) groups is 1. The number of rotatable bonds is 6. The molecule has 0 aliphatic carbocycles. The third-order valence-electron chi connectivity index (χ3n) is 4.79. The van der Waals surface area contributed by atoms with Crippen LogP contribution in [0.15, 0.2) is 4.99 Å². The first kappa shape index (κ1) is 23.1. The summed E-state index contributed by atoms with van der Waals surface area (Å²) >= 11 is 0. The van der Waals surface area contributed by atoms with Crippen molar-refractivity contribution in [2.24, 2.45) is 10.9 Å². The van der Waals surface area contributed by atoms with E-state index in [1.54, 1.807) is 7.05 Å². The Labute approximate surface area is 174 Å². The number of carbonyl (C=O) groups is 2. The van der Waals surface area contributed by atoms with Crippen LogP contribution in [0.3, 0.4) is 0 Å². The predicted molar refractivity (Wildman–Crippen MR) is 115 cm³/mol. The molecule has 0 aromatic rings. The Morgan fingerprint density at radius 2 is 1.81 bits per heavy atom. The second-order valence-corrected chi connectivity index (χ2v) is 7.40. The monoisotopic (exact) mass is 479 g/mol. The summed E-state index contributed by atoms with van der Waals surface area (Å²) in [6.45, 7) is 8.85. The van der Waals surface area contributed by atoms with E-state index in [0.29, 0.717) is 44.3 Å². The van der Waals surface area contributed by atoms with E-state index in [-0.39, 0.29) is 35.8 Å². The van der Waals surface area contributed by atoms with Crippen LogP contribution in [0.2, 0.25) is 0 Å². The molecule has 8 heteroatoms. The summed E-state index contributed by atoms with van der Waals surface area (Å²) in [6.07, 6.45) is 3.86. The highest BCUT2D eigenvalue weighted by molar-refractivity contribution is 14.0. The molecule has 0 atom stereocenters. The van der Waals surface area contributed by atoms with Crippen LogP contribution in [-0.2, 0) is 9.59 Å². The van der Waals surface area contributed by atoms with Crippen molar-refractivity contribution in [1.29, 1.82) is 0 Å². The Hall–Kier alpha value is -0.900. The maximum absolute atomic E-state index is 11.8. The van der Waals surface area contributed by atoms with E-state index in [1.807, 2.05) is 0 Å². The van der Waals surface area contributed by atoms with Gasteiger partial charge in [-0.3, -0.25) is 19.5 Å². The van der Waals surface area contributed by atoms with Crippen molar-refractivity contribution in [2.45, 2.75) is 52.0 Å². The first-order chi connectivity index (χ1) is 12.0. The molecule has 2 amide bonds. The summed E-state index contributed by atoms with van der Waals surface area (Å²) in [6, 6.07) is 0.424. The van der Waals surface area contributed by atoms with Crippen LogP contribution < -0.4 is 10.6 Å². The molecule has 2 heterocycles. The average molecular weight is 479 g/mol. The SMILES string of the molecule is CN=C(NCCN1C(=O)CCCC1=O)NC1CCN(CC(C)C)CC1.I. The van der Waals surface area contributed by atoms with Crippen molar-refractivity contribution in [3.05, 3.63) is 0 Å². The number of hydrogen-bond donors (Lipinski definition) is 2. The fourth-order valence-electron chi connectivity index (χ4n) is 3.50. The molecule has 2 saturated heterocycles. The van der Waals surface area contributed by atoms with Crippen molar-refractivity contribution in [2.75, 3.05) is 39.8 Å². The normalized spacial score (nSPS) is 20.3. The molecule has 150 valence electrons. The molecule has 0 aromatic carbocycles. The van der Waals surface area contributed by atoms with Crippen LogP contribution in [0.1, 0.15) is 46.0 Å². The number of halogens is 1. The van der Waals surface area contributed by atoms with Gasteiger partial charge in [-0.1, -0.05) is 13.8 Å². The minimum absolute atomic E-state index is 0. The summed E-state index contributed by atoms with van der Waals surface area (Å²) in [7, 11) is 1.75. The molecule has 0 unspecified atom stereocenters. The van der Waals surface area contributed by atoms with E-state index in [1.165, 1.54) is 4.90 Å². The minimum atomic E-state index is -0.0569. The molecule has 0 radical (unpaired) electrons. The molecule has 2 fully saturated rings. The molecular formula is C18H34IN5O2. The number of hydrogen-bond acceptors (Lipinski definition) is 4. The van der Waals surface area contributed by atoms with E-state index in [9.17, 15) is 9.59 Å². The Bertz CT molecular complexity index is 474. The highest BCUT2D eigenvalue weighted by Gasteiger charge is 2.25. The third kappa shape index (κ3) is 7.38. The van der Waals surface area contributed by atoms with Crippen LogP contribution in [0.4, 0.5) is 0 Å². The van der Waals surface area contributed by atoms with Gasteiger partial charge in [-0.05, 0) is 25.2 Å². The fourth-order valence-corrected chi connectivity index (χ4v) is 3.50.